The van der Waals surface area contributed by atoms with E-state index in [0.29, 0.717) is 30.9 Å². The highest BCUT2D eigenvalue weighted by molar-refractivity contribution is 7.14. The number of carboxylic acid groups (broad SMARTS) is 1. The number of nitrogens with one attached hydrogen (secondary N) is 1. The number of carbonyl (C=O) groups is 2. The number of amides is 1. The topological polar surface area (TPSA) is 75.6 Å². The van der Waals surface area contributed by atoms with Gasteiger partial charge < -0.3 is 15.2 Å². The van der Waals surface area contributed by atoms with E-state index in [1.54, 1.807) is 0 Å². The number of ether oxygens (including phenoxy) is 1. The molecule has 2 aliphatic rings. The molecule has 2 heterocycles. The van der Waals surface area contributed by atoms with Crippen LogP contribution < -0.4 is 5.32 Å². The molecule has 1 aliphatic carbocycles. The van der Waals surface area contributed by atoms with E-state index >= 15 is 0 Å². The van der Waals surface area contributed by atoms with Crippen molar-refractivity contribution in [1.29, 1.82) is 0 Å². The third-order valence-corrected chi connectivity index (χ3v) is 5.56. The Balaban J connectivity index is 1.78. The van der Waals surface area contributed by atoms with Crippen LogP contribution in [0.15, 0.2) is 6.07 Å². The number of aliphatic carboxylic acids is 1. The van der Waals surface area contributed by atoms with E-state index in [0.717, 1.165) is 31.2 Å². The van der Waals surface area contributed by atoms with E-state index in [4.69, 9.17) is 4.74 Å². The smallest absolute Gasteiger partial charge is 0.329 e. The van der Waals surface area contributed by atoms with Crippen molar-refractivity contribution in [2.45, 2.75) is 50.7 Å². The summed E-state index contributed by atoms with van der Waals surface area (Å²) in [6.45, 7) is 1.23. The fraction of sp³-hybridized carbons (Fsp3) is 0.600. The van der Waals surface area contributed by atoms with Crippen LogP contribution in [0.2, 0.25) is 0 Å². The zero-order chi connectivity index (χ0) is 14.9. The molecule has 6 heteroatoms. The average Bonchev–Trinajstić information content (AvgIpc) is 2.92. The maximum absolute atomic E-state index is 12.4. The molecule has 1 aromatic rings. The number of carboxylic acids is 1. The van der Waals surface area contributed by atoms with Crippen molar-refractivity contribution in [2.24, 2.45) is 0 Å². The van der Waals surface area contributed by atoms with Crippen molar-refractivity contribution in [3.05, 3.63) is 21.4 Å². The summed E-state index contributed by atoms with van der Waals surface area (Å²) in [5.41, 5.74) is -0.0273. The SMILES string of the molecule is O=C(NC1(C(=O)O)CCCCC1)c1cc2c(s1)CCOC2. The summed E-state index contributed by atoms with van der Waals surface area (Å²) in [5, 5.41) is 12.3. The van der Waals surface area contributed by atoms with Crippen molar-refractivity contribution < 1.29 is 19.4 Å². The maximum Gasteiger partial charge on any atom is 0.329 e. The van der Waals surface area contributed by atoms with Crippen molar-refractivity contribution in [3.63, 3.8) is 0 Å². The Bertz CT molecular complexity index is 537. The minimum absolute atomic E-state index is 0.265. The van der Waals surface area contributed by atoms with Crippen LogP contribution in [0.25, 0.3) is 0 Å². The van der Waals surface area contributed by atoms with Crippen LogP contribution in [-0.2, 0) is 22.6 Å². The molecule has 0 spiro atoms. The summed E-state index contributed by atoms with van der Waals surface area (Å²) < 4.78 is 5.38. The minimum Gasteiger partial charge on any atom is -0.480 e. The average molecular weight is 309 g/mol. The number of hydrogen-bond acceptors (Lipinski definition) is 4. The van der Waals surface area contributed by atoms with Gasteiger partial charge in [-0.2, -0.15) is 0 Å². The van der Waals surface area contributed by atoms with Crippen LogP contribution in [0.5, 0.6) is 0 Å². The van der Waals surface area contributed by atoms with Crippen LogP contribution >= 0.6 is 11.3 Å². The minimum atomic E-state index is -1.09. The Labute approximate surface area is 127 Å². The molecule has 114 valence electrons. The van der Waals surface area contributed by atoms with Gasteiger partial charge in [-0.1, -0.05) is 19.3 Å². The quantitative estimate of drug-likeness (QED) is 0.898. The summed E-state index contributed by atoms with van der Waals surface area (Å²) in [6, 6.07) is 1.84. The van der Waals surface area contributed by atoms with Gasteiger partial charge in [0.15, 0.2) is 0 Å². The van der Waals surface area contributed by atoms with Gasteiger partial charge >= 0.3 is 5.97 Å². The molecule has 2 N–H and O–H groups in total. The van der Waals surface area contributed by atoms with Crippen LogP contribution in [0.4, 0.5) is 0 Å². The summed E-state index contributed by atoms with van der Waals surface area (Å²) in [6.07, 6.45) is 4.60. The molecule has 3 rings (SSSR count). The number of hydrogen-bond donors (Lipinski definition) is 2. The molecular weight excluding hydrogens is 290 g/mol. The van der Waals surface area contributed by atoms with Crippen molar-refractivity contribution >= 4 is 23.2 Å². The molecule has 1 amide bonds. The third-order valence-electron chi connectivity index (χ3n) is 4.32. The van der Waals surface area contributed by atoms with Crippen molar-refractivity contribution in [2.75, 3.05) is 6.61 Å². The zero-order valence-electron chi connectivity index (χ0n) is 11.8. The van der Waals surface area contributed by atoms with Gasteiger partial charge in [-0.25, -0.2) is 4.79 Å². The molecule has 0 radical (unpaired) electrons. The van der Waals surface area contributed by atoms with Crippen LogP contribution in [0.3, 0.4) is 0 Å². The Morgan fingerprint density at radius 3 is 2.71 bits per heavy atom. The van der Waals surface area contributed by atoms with Gasteiger partial charge in [-0.15, -0.1) is 11.3 Å². The Hall–Kier alpha value is -1.40. The van der Waals surface area contributed by atoms with Crippen LogP contribution in [0.1, 0.15) is 52.2 Å². The molecule has 5 nitrogen and oxygen atoms in total. The Morgan fingerprint density at radius 2 is 2.05 bits per heavy atom. The molecule has 0 bridgehead atoms. The first-order valence-electron chi connectivity index (χ1n) is 7.36. The van der Waals surface area contributed by atoms with E-state index in [9.17, 15) is 14.7 Å². The van der Waals surface area contributed by atoms with E-state index in [1.807, 2.05) is 6.07 Å². The zero-order valence-corrected chi connectivity index (χ0v) is 12.6. The van der Waals surface area contributed by atoms with E-state index in [-0.39, 0.29) is 5.91 Å². The first-order chi connectivity index (χ1) is 10.1. The van der Waals surface area contributed by atoms with Gasteiger partial charge in [0.25, 0.3) is 5.91 Å². The molecule has 1 aromatic heterocycles. The van der Waals surface area contributed by atoms with E-state index in [2.05, 4.69) is 5.32 Å². The molecule has 1 saturated carbocycles. The second-order valence-corrected chi connectivity index (χ2v) is 6.90. The number of carbonyl (C=O) groups excluding carboxylic acids is 1. The van der Waals surface area contributed by atoms with Gasteiger partial charge in [-0.05, 0) is 24.5 Å². The van der Waals surface area contributed by atoms with Crippen molar-refractivity contribution in [3.8, 4) is 0 Å². The molecule has 1 fully saturated rings. The van der Waals surface area contributed by atoms with E-state index < -0.39 is 11.5 Å². The summed E-state index contributed by atoms with van der Waals surface area (Å²) in [4.78, 5) is 25.8. The fourth-order valence-corrected chi connectivity index (χ4v) is 4.13. The molecule has 21 heavy (non-hydrogen) atoms. The molecule has 0 unspecified atom stereocenters. The molecule has 1 aliphatic heterocycles. The van der Waals surface area contributed by atoms with Gasteiger partial charge in [0.2, 0.25) is 0 Å². The second-order valence-electron chi connectivity index (χ2n) is 5.76. The monoisotopic (exact) mass is 309 g/mol. The molecular formula is C15H19NO4S. The normalized spacial score (nSPS) is 20.6. The van der Waals surface area contributed by atoms with Crippen LogP contribution in [-0.4, -0.2) is 29.1 Å². The lowest BCUT2D eigenvalue weighted by Gasteiger charge is -2.33. The van der Waals surface area contributed by atoms with Gasteiger partial charge in [0.1, 0.15) is 5.54 Å². The standard InChI is InChI=1S/C15H19NO4S/c17-13(12-8-10-9-20-7-4-11(10)21-12)16-15(14(18)19)5-2-1-3-6-15/h8H,1-7,9H2,(H,16,17)(H,18,19). The number of fused-ring (bicyclic) bond motifs is 1. The predicted molar refractivity (Wildman–Crippen MR) is 78.6 cm³/mol. The lowest BCUT2D eigenvalue weighted by molar-refractivity contribution is -0.145. The second kappa shape index (κ2) is 5.77. The van der Waals surface area contributed by atoms with Gasteiger partial charge in [-0.3, -0.25) is 4.79 Å². The highest BCUT2D eigenvalue weighted by Gasteiger charge is 2.41. The van der Waals surface area contributed by atoms with Crippen LogP contribution in [0, 0.1) is 0 Å². The summed E-state index contributed by atoms with van der Waals surface area (Å²) in [7, 11) is 0. The highest BCUT2D eigenvalue weighted by Crippen LogP contribution is 2.31. The maximum atomic E-state index is 12.4. The lowest BCUT2D eigenvalue weighted by Crippen LogP contribution is -2.55. The predicted octanol–water partition coefficient (Wildman–Crippen LogP) is 2.34. The highest BCUT2D eigenvalue weighted by atomic mass is 32.1. The van der Waals surface area contributed by atoms with Gasteiger partial charge in [0.05, 0.1) is 18.1 Å². The Kier molecular flexibility index (Phi) is 3.99. The summed E-state index contributed by atoms with van der Waals surface area (Å²) in [5.74, 6) is -1.18. The fourth-order valence-electron chi connectivity index (χ4n) is 3.09. The first kappa shape index (κ1) is 14.5. The molecule has 0 saturated heterocycles. The van der Waals surface area contributed by atoms with Crippen molar-refractivity contribution in [1.82, 2.24) is 5.32 Å². The third kappa shape index (κ3) is 2.82. The largest absolute Gasteiger partial charge is 0.480 e. The molecule has 0 atom stereocenters. The number of thiophene rings is 1. The van der Waals surface area contributed by atoms with Gasteiger partial charge in [0, 0.05) is 11.3 Å². The molecule has 0 aromatic carbocycles. The first-order valence-corrected chi connectivity index (χ1v) is 8.18. The Morgan fingerprint density at radius 1 is 1.29 bits per heavy atom. The summed E-state index contributed by atoms with van der Waals surface area (Å²) >= 11 is 1.46. The lowest BCUT2D eigenvalue weighted by atomic mass is 9.81. The number of rotatable bonds is 3. The van der Waals surface area contributed by atoms with E-state index in [1.165, 1.54) is 16.2 Å².